The van der Waals surface area contributed by atoms with Gasteiger partial charge in [0.1, 0.15) is 6.10 Å². The maximum absolute atomic E-state index is 12.1. The van der Waals surface area contributed by atoms with E-state index < -0.39 is 0 Å². The van der Waals surface area contributed by atoms with Gasteiger partial charge in [0.2, 0.25) is 5.91 Å². The second-order valence-corrected chi connectivity index (χ2v) is 7.08. The molecule has 126 valence electrons. The van der Waals surface area contributed by atoms with E-state index in [-0.39, 0.29) is 18.0 Å². The van der Waals surface area contributed by atoms with Gasteiger partial charge in [-0.3, -0.25) is 4.79 Å². The third kappa shape index (κ3) is 4.68. The lowest BCUT2D eigenvalue weighted by Crippen LogP contribution is -2.21. The Bertz CT molecular complexity index is 673. The fourth-order valence-corrected chi connectivity index (χ4v) is 3.57. The molecule has 0 radical (unpaired) electrons. The van der Waals surface area contributed by atoms with Crippen molar-refractivity contribution in [2.75, 3.05) is 5.32 Å². The molecule has 0 saturated heterocycles. The molecule has 1 aliphatic rings. The molecular formula is C19H21NO3S. The van der Waals surface area contributed by atoms with Crippen LogP contribution in [0.5, 0.6) is 0 Å². The van der Waals surface area contributed by atoms with Gasteiger partial charge >= 0.3 is 5.97 Å². The lowest BCUT2D eigenvalue weighted by Gasteiger charge is -2.21. The van der Waals surface area contributed by atoms with Gasteiger partial charge in [-0.05, 0) is 61.4 Å². The van der Waals surface area contributed by atoms with E-state index in [0.717, 1.165) is 30.6 Å². The van der Waals surface area contributed by atoms with Crippen LogP contribution in [-0.2, 0) is 16.0 Å². The minimum absolute atomic E-state index is 0.0522. The van der Waals surface area contributed by atoms with Gasteiger partial charge < -0.3 is 10.1 Å². The largest absolute Gasteiger partial charge is 0.459 e. The first kappa shape index (κ1) is 16.7. The first-order valence-corrected chi connectivity index (χ1v) is 9.22. The summed E-state index contributed by atoms with van der Waals surface area (Å²) in [5, 5.41) is 4.80. The number of ether oxygens (including phenoxy) is 1. The van der Waals surface area contributed by atoms with Crippen molar-refractivity contribution in [1.29, 1.82) is 0 Å². The summed E-state index contributed by atoms with van der Waals surface area (Å²) >= 11 is 1.56. The van der Waals surface area contributed by atoms with E-state index in [2.05, 4.69) is 5.32 Å². The molecular weight excluding hydrogens is 322 g/mol. The van der Waals surface area contributed by atoms with Gasteiger partial charge in [-0.2, -0.15) is 0 Å². The van der Waals surface area contributed by atoms with Crippen molar-refractivity contribution >= 4 is 28.9 Å². The maximum Gasteiger partial charge on any atom is 0.338 e. The van der Waals surface area contributed by atoms with Gasteiger partial charge in [0.15, 0.2) is 0 Å². The highest BCUT2D eigenvalue weighted by molar-refractivity contribution is 7.10. The Morgan fingerprint density at radius 3 is 2.50 bits per heavy atom. The summed E-state index contributed by atoms with van der Waals surface area (Å²) in [6.07, 6.45) is 5.83. The molecule has 5 heteroatoms. The average molecular weight is 343 g/mol. The van der Waals surface area contributed by atoms with Crippen LogP contribution in [0.15, 0.2) is 41.8 Å². The molecule has 1 heterocycles. The van der Waals surface area contributed by atoms with Crippen LogP contribution < -0.4 is 5.32 Å². The molecule has 1 aliphatic carbocycles. The Morgan fingerprint density at radius 1 is 1.08 bits per heavy atom. The zero-order valence-electron chi connectivity index (χ0n) is 13.5. The Labute approximate surface area is 145 Å². The number of nitrogens with one attached hydrogen (secondary N) is 1. The van der Waals surface area contributed by atoms with Crippen molar-refractivity contribution < 1.29 is 14.3 Å². The average Bonchev–Trinajstić information content (AvgIpc) is 3.09. The number of rotatable bonds is 5. The van der Waals surface area contributed by atoms with Gasteiger partial charge in [-0.15, -0.1) is 11.3 Å². The number of benzene rings is 1. The first-order valence-electron chi connectivity index (χ1n) is 8.34. The topological polar surface area (TPSA) is 55.4 Å². The molecule has 24 heavy (non-hydrogen) atoms. The van der Waals surface area contributed by atoms with Gasteiger partial charge in [-0.1, -0.05) is 12.5 Å². The van der Waals surface area contributed by atoms with Gasteiger partial charge in [-0.25, -0.2) is 4.79 Å². The van der Waals surface area contributed by atoms with Crippen molar-refractivity contribution in [3.8, 4) is 0 Å². The summed E-state index contributed by atoms with van der Waals surface area (Å²) in [5.41, 5.74) is 1.21. The second kappa shape index (κ2) is 8.11. The number of esters is 1. The highest BCUT2D eigenvalue weighted by Crippen LogP contribution is 2.22. The van der Waals surface area contributed by atoms with Crippen molar-refractivity contribution in [1.82, 2.24) is 0 Å². The quantitative estimate of drug-likeness (QED) is 0.818. The molecule has 0 bridgehead atoms. The fourth-order valence-electron chi connectivity index (χ4n) is 2.87. The van der Waals surface area contributed by atoms with Gasteiger partial charge in [0, 0.05) is 10.6 Å². The summed E-state index contributed by atoms with van der Waals surface area (Å²) in [6.45, 7) is 0. The van der Waals surface area contributed by atoms with E-state index in [1.165, 1.54) is 6.42 Å². The van der Waals surface area contributed by atoms with Crippen LogP contribution in [-0.4, -0.2) is 18.0 Å². The zero-order valence-corrected chi connectivity index (χ0v) is 14.3. The highest BCUT2D eigenvalue weighted by Gasteiger charge is 2.18. The fraction of sp³-hybridized carbons (Fsp3) is 0.368. The van der Waals surface area contributed by atoms with Gasteiger partial charge in [0.05, 0.1) is 12.0 Å². The van der Waals surface area contributed by atoms with E-state index >= 15 is 0 Å². The van der Waals surface area contributed by atoms with Gasteiger partial charge in [0.25, 0.3) is 0 Å². The summed E-state index contributed by atoms with van der Waals surface area (Å²) in [4.78, 5) is 25.1. The van der Waals surface area contributed by atoms with Crippen LogP contribution >= 0.6 is 11.3 Å². The minimum atomic E-state index is -0.279. The maximum atomic E-state index is 12.1. The number of carbonyl (C=O) groups excluding carboxylic acids is 2. The molecule has 4 nitrogen and oxygen atoms in total. The molecule has 3 rings (SSSR count). The summed E-state index contributed by atoms with van der Waals surface area (Å²) in [5.74, 6) is -0.339. The Kier molecular flexibility index (Phi) is 5.64. The lowest BCUT2D eigenvalue weighted by atomic mass is 9.98. The number of anilines is 1. The molecule has 1 aromatic heterocycles. The van der Waals surface area contributed by atoms with Crippen LogP contribution in [0.3, 0.4) is 0 Å². The third-order valence-corrected chi connectivity index (χ3v) is 5.02. The number of carbonyl (C=O) groups is 2. The normalized spacial score (nSPS) is 15.0. The SMILES string of the molecule is O=C(Cc1cccs1)Nc1ccc(C(=O)OC2CCCCC2)cc1. The van der Waals surface area contributed by atoms with E-state index in [4.69, 9.17) is 4.74 Å². The smallest absolute Gasteiger partial charge is 0.338 e. The molecule has 0 spiro atoms. The van der Waals surface area contributed by atoms with Crippen molar-refractivity contribution in [3.05, 3.63) is 52.2 Å². The molecule has 1 aromatic carbocycles. The monoisotopic (exact) mass is 343 g/mol. The van der Waals surface area contributed by atoms with E-state index in [0.29, 0.717) is 17.7 Å². The predicted molar refractivity (Wildman–Crippen MR) is 95.4 cm³/mol. The molecule has 1 amide bonds. The van der Waals surface area contributed by atoms with Crippen LogP contribution in [0.4, 0.5) is 5.69 Å². The molecule has 1 saturated carbocycles. The number of hydrogen-bond acceptors (Lipinski definition) is 4. The van der Waals surface area contributed by atoms with E-state index in [1.54, 1.807) is 35.6 Å². The molecule has 0 atom stereocenters. The number of thiophene rings is 1. The molecule has 1 fully saturated rings. The lowest BCUT2D eigenvalue weighted by molar-refractivity contribution is -0.115. The summed E-state index contributed by atoms with van der Waals surface area (Å²) in [7, 11) is 0. The Hall–Kier alpha value is -2.14. The zero-order chi connectivity index (χ0) is 16.8. The van der Waals surface area contributed by atoms with Crippen molar-refractivity contribution in [2.24, 2.45) is 0 Å². The van der Waals surface area contributed by atoms with Crippen LogP contribution in [0.25, 0.3) is 0 Å². The molecule has 2 aromatic rings. The second-order valence-electron chi connectivity index (χ2n) is 6.05. The van der Waals surface area contributed by atoms with E-state index in [1.807, 2.05) is 17.5 Å². The molecule has 0 unspecified atom stereocenters. The Balaban J connectivity index is 1.52. The minimum Gasteiger partial charge on any atom is -0.459 e. The van der Waals surface area contributed by atoms with Crippen LogP contribution in [0.2, 0.25) is 0 Å². The standard InChI is InChI=1S/C19H21NO3S/c21-18(13-17-7-4-12-24-17)20-15-10-8-14(9-11-15)19(22)23-16-5-2-1-3-6-16/h4,7-12,16H,1-3,5-6,13H2,(H,20,21). The van der Waals surface area contributed by atoms with Crippen molar-refractivity contribution in [2.45, 2.75) is 44.6 Å². The number of hydrogen-bond donors (Lipinski definition) is 1. The third-order valence-electron chi connectivity index (χ3n) is 4.15. The van der Waals surface area contributed by atoms with Crippen LogP contribution in [0.1, 0.15) is 47.3 Å². The predicted octanol–water partition coefficient (Wildman–Crippen LogP) is 4.42. The van der Waals surface area contributed by atoms with Crippen LogP contribution in [0, 0.1) is 0 Å². The Morgan fingerprint density at radius 2 is 1.83 bits per heavy atom. The summed E-state index contributed by atoms with van der Waals surface area (Å²) < 4.78 is 5.54. The van der Waals surface area contributed by atoms with E-state index in [9.17, 15) is 9.59 Å². The molecule has 1 N–H and O–H groups in total. The van der Waals surface area contributed by atoms with Crippen molar-refractivity contribution in [3.63, 3.8) is 0 Å². The highest BCUT2D eigenvalue weighted by atomic mass is 32.1. The first-order chi connectivity index (χ1) is 11.7. The molecule has 0 aliphatic heterocycles. The number of amides is 1. The summed E-state index contributed by atoms with van der Waals surface area (Å²) in [6, 6.07) is 10.8.